The molecule has 0 heterocycles. The second-order valence-corrected chi connectivity index (χ2v) is 5.37. The van der Waals surface area contributed by atoms with Crippen LogP contribution in [0.3, 0.4) is 0 Å². The Balaban J connectivity index is 2.20. The van der Waals surface area contributed by atoms with Crippen molar-refractivity contribution in [2.45, 2.75) is 38.6 Å². The Morgan fingerprint density at radius 1 is 1.39 bits per heavy atom. The third-order valence-corrected chi connectivity index (χ3v) is 3.84. The summed E-state index contributed by atoms with van der Waals surface area (Å²) in [6.07, 6.45) is 4.69. The van der Waals surface area contributed by atoms with Crippen molar-refractivity contribution in [3.63, 3.8) is 0 Å². The van der Waals surface area contributed by atoms with Gasteiger partial charge in [0.05, 0.1) is 4.92 Å². The van der Waals surface area contributed by atoms with Crippen molar-refractivity contribution in [3.05, 3.63) is 33.3 Å². The van der Waals surface area contributed by atoms with Crippen LogP contribution in [0, 0.1) is 16.0 Å². The molecule has 0 aliphatic heterocycles. The summed E-state index contributed by atoms with van der Waals surface area (Å²) in [5, 5.41) is 14.7. The van der Waals surface area contributed by atoms with Gasteiger partial charge in [0.1, 0.15) is 5.69 Å². The minimum Gasteiger partial charge on any atom is -0.376 e. The Kier molecular flexibility index (Phi) is 4.07. The zero-order chi connectivity index (χ0) is 13.1. The predicted octanol–water partition coefficient (Wildman–Crippen LogP) is 4.24. The van der Waals surface area contributed by atoms with Gasteiger partial charge in [-0.25, -0.2) is 0 Å². The Morgan fingerprint density at radius 3 is 2.78 bits per heavy atom. The fourth-order valence-corrected chi connectivity index (χ4v) is 2.67. The SMILES string of the molecule is CC1CCCCC1Nc1ccc(Cl)cc1[N+](=O)[O-]. The Bertz CT molecular complexity index is 451. The number of hydrogen-bond acceptors (Lipinski definition) is 3. The van der Waals surface area contributed by atoms with E-state index in [1.165, 1.54) is 25.3 Å². The molecule has 1 N–H and O–H groups in total. The lowest BCUT2D eigenvalue weighted by molar-refractivity contribution is -0.384. The molecule has 4 nitrogen and oxygen atoms in total. The van der Waals surface area contributed by atoms with Gasteiger partial charge in [-0.15, -0.1) is 0 Å². The van der Waals surface area contributed by atoms with Gasteiger partial charge >= 0.3 is 0 Å². The summed E-state index contributed by atoms with van der Waals surface area (Å²) in [7, 11) is 0. The molecule has 0 aromatic heterocycles. The van der Waals surface area contributed by atoms with Gasteiger partial charge in [-0.1, -0.05) is 31.4 Å². The smallest absolute Gasteiger partial charge is 0.293 e. The minimum atomic E-state index is -0.387. The summed E-state index contributed by atoms with van der Waals surface area (Å²) < 4.78 is 0. The molecular weight excluding hydrogens is 252 g/mol. The molecule has 1 aliphatic carbocycles. The third-order valence-electron chi connectivity index (χ3n) is 3.61. The van der Waals surface area contributed by atoms with E-state index in [0.717, 1.165) is 6.42 Å². The van der Waals surface area contributed by atoms with Crippen LogP contribution in [0.4, 0.5) is 11.4 Å². The van der Waals surface area contributed by atoms with Gasteiger partial charge in [-0.05, 0) is 30.9 Å². The molecule has 5 heteroatoms. The van der Waals surface area contributed by atoms with Crippen LogP contribution in [0.5, 0.6) is 0 Å². The van der Waals surface area contributed by atoms with Gasteiger partial charge in [0.15, 0.2) is 0 Å². The van der Waals surface area contributed by atoms with Crippen LogP contribution in [0.1, 0.15) is 32.6 Å². The van der Waals surface area contributed by atoms with Crippen molar-refractivity contribution >= 4 is 23.0 Å². The van der Waals surface area contributed by atoms with E-state index in [2.05, 4.69) is 12.2 Å². The number of nitrogens with zero attached hydrogens (tertiary/aromatic N) is 1. The van der Waals surface area contributed by atoms with Crippen LogP contribution in [0.15, 0.2) is 18.2 Å². The second-order valence-electron chi connectivity index (χ2n) is 4.93. The van der Waals surface area contributed by atoms with Crippen LogP contribution in [0.2, 0.25) is 5.02 Å². The topological polar surface area (TPSA) is 55.2 Å². The van der Waals surface area contributed by atoms with Crippen molar-refractivity contribution in [2.24, 2.45) is 5.92 Å². The molecule has 0 amide bonds. The first-order valence-corrected chi connectivity index (χ1v) is 6.66. The number of anilines is 1. The van der Waals surface area contributed by atoms with E-state index in [9.17, 15) is 10.1 Å². The lowest BCUT2D eigenvalue weighted by Gasteiger charge is -2.30. The molecule has 1 fully saturated rings. The van der Waals surface area contributed by atoms with Crippen LogP contribution >= 0.6 is 11.6 Å². The molecule has 98 valence electrons. The number of benzene rings is 1. The third kappa shape index (κ3) is 2.93. The van der Waals surface area contributed by atoms with Gasteiger partial charge in [0.25, 0.3) is 5.69 Å². The molecule has 0 spiro atoms. The van der Waals surface area contributed by atoms with Crippen molar-refractivity contribution < 1.29 is 4.92 Å². The Morgan fingerprint density at radius 2 is 2.11 bits per heavy atom. The van der Waals surface area contributed by atoms with Crippen molar-refractivity contribution in [2.75, 3.05) is 5.32 Å². The molecule has 1 aliphatic rings. The van der Waals surface area contributed by atoms with E-state index < -0.39 is 0 Å². The van der Waals surface area contributed by atoms with E-state index in [1.54, 1.807) is 12.1 Å². The predicted molar refractivity (Wildman–Crippen MR) is 73.1 cm³/mol. The molecule has 2 atom stereocenters. The maximum absolute atomic E-state index is 11.0. The van der Waals surface area contributed by atoms with Crippen LogP contribution in [0.25, 0.3) is 0 Å². The van der Waals surface area contributed by atoms with Gasteiger partial charge in [0.2, 0.25) is 0 Å². The highest BCUT2D eigenvalue weighted by Gasteiger charge is 2.24. The number of hydrogen-bond donors (Lipinski definition) is 1. The number of nitrogens with one attached hydrogen (secondary N) is 1. The van der Waals surface area contributed by atoms with Crippen molar-refractivity contribution in [1.82, 2.24) is 0 Å². The molecule has 1 aromatic rings. The molecule has 2 unspecified atom stereocenters. The largest absolute Gasteiger partial charge is 0.376 e. The monoisotopic (exact) mass is 268 g/mol. The zero-order valence-corrected chi connectivity index (χ0v) is 11.1. The minimum absolute atomic E-state index is 0.0558. The molecular formula is C13H17ClN2O2. The summed E-state index contributed by atoms with van der Waals surface area (Å²) in [4.78, 5) is 10.6. The average molecular weight is 269 g/mol. The van der Waals surface area contributed by atoms with E-state index in [-0.39, 0.29) is 10.6 Å². The van der Waals surface area contributed by atoms with Gasteiger partial charge in [-0.3, -0.25) is 10.1 Å². The molecule has 0 bridgehead atoms. The lowest BCUT2D eigenvalue weighted by Crippen LogP contribution is -2.30. The van der Waals surface area contributed by atoms with Crippen LogP contribution in [-0.4, -0.2) is 11.0 Å². The fourth-order valence-electron chi connectivity index (χ4n) is 2.51. The second kappa shape index (κ2) is 5.57. The summed E-state index contributed by atoms with van der Waals surface area (Å²) in [5.74, 6) is 0.550. The maximum Gasteiger partial charge on any atom is 0.293 e. The Labute approximate surface area is 111 Å². The first kappa shape index (κ1) is 13.1. The summed E-state index contributed by atoms with van der Waals surface area (Å²) in [6.45, 7) is 2.19. The number of halogens is 1. The standard InChI is InChI=1S/C13H17ClN2O2/c1-9-4-2-3-5-11(9)15-12-7-6-10(14)8-13(12)16(17)18/h6-9,11,15H,2-5H2,1H3. The zero-order valence-electron chi connectivity index (χ0n) is 10.4. The summed E-state index contributed by atoms with van der Waals surface area (Å²) in [6, 6.07) is 5.10. The summed E-state index contributed by atoms with van der Waals surface area (Å²) in [5.41, 5.74) is 0.628. The van der Waals surface area contributed by atoms with E-state index in [1.807, 2.05) is 0 Å². The summed E-state index contributed by atoms with van der Waals surface area (Å²) >= 11 is 5.80. The Hall–Kier alpha value is -1.29. The van der Waals surface area contributed by atoms with Gasteiger partial charge < -0.3 is 5.32 Å². The molecule has 2 rings (SSSR count). The molecule has 0 radical (unpaired) electrons. The first-order valence-electron chi connectivity index (χ1n) is 6.28. The van der Waals surface area contributed by atoms with Crippen molar-refractivity contribution in [1.29, 1.82) is 0 Å². The molecule has 0 saturated heterocycles. The highest BCUT2D eigenvalue weighted by Crippen LogP contribution is 2.32. The molecule has 1 aromatic carbocycles. The van der Waals surface area contributed by atoms with E-state index in [4.69, 9.17) is 11.6 Å². The van der Waals surface area contributed by atoms with Gasteiger partial charge in [-0.2, -0.15) is 0 Å². The maximum atomic E-state index is 11.0. The fraction of sp³-hybridized carbons (Fsp3) is 0.538. The highest BCUT2D eigenvalue weighted by molar-refractivity contribution is 6.30. The number of nitro groups is 1. The normalized spacial score (nSPS) is 23.7. The van der Waals surface area contributed by atoms with Crippen LogP contribution < -0.4 is 5.32 Å². The lowest BCUT2D eigenvalue weighted by atomic mass is 9.86. The quantitative estimate of drug-likeness (QED) is 0.659. The first-order chi connectivity index (χ1) is 8.58. The van der Waals surface area contributed by atoms with E-state index in [0.29, 0.717) is 22.7 Å². The van der Waals surface area contributed by atoms with Crippen LogP contribution in [-0.2, 0) is 0 Å². The average Bonchev–Trinajstić information content (AvgIpc) is 2.34. The molecule has 18 heavy (non-hydrogen) atoms. The molecule has 1 saturated carbocycles. The number of nitro benzene ring substituents is 1. The highest BCUT2D eigenvalue weighted by atomic mass is 35.5. The van der Waals surface area contributed by atoms with Gasteiger partial charge in [0, 0.05) is 17.1 Å². The van der Waals surface area contributed by atoms with Crippen molar-refractivity contribution in [3.8, 4) is 0 Å². The van der Waals surface area contributed by atoms with E-state index >= 15 is 0 Å². The number of rotatable bonds is 3.